The number of para-hydroxylation sites is 2. The molecule has 0 aliphatic carbocycles. The number of nitrogens with zero attached hydrogens (tertiary/aromatic N) is 2. The Morgan fingerprint density at radius 3 is 2.90 bits per heavy atom. The van der Waals surface area contributed by atoms with Crippen LogP contribution in [0.15, 0.2) is 30.6 Å². The molecule has 0 spiro atoms. The number of rotatable bonds is 0. The van der Waals surface area contributed by atoms with Gasteiger partial charge in [-0.3, -0.25) is 0 Å². The Bertz CT molecular complexity index is 353. The van der Waals surface area contributed by atoms with E-state index in [0.29, 0.717) is 0 Å². The summed E-state index contributed by atoms with van der Waals surface area (Å²) in [5, 5.41) is 0. The molecule has 2 aromatic rings. The maximum atomic E-state index is 4.20. The third kappa shape index (κ3) is 0.830. The average molecular weight is 236 g/mol. The van der Waals surface area contributed by atoms with Gasteiger partial charge in [-0.1, -0.05) is 0 Å². The van der Waals surface area contributed by atoms with Crippen molar-refractivity contribution in [3.05, 3.63) is 30.6 Å². The van der Waals surface area contributed by atoms with Crippen LogP contribution in [0.3, 0.4) is 0 Å². The van der Waals surface area contributed by atoms with Crippen LogP contribution in [0.25, 0.3) is 11.0 Å². The van der Waals surface area contributed by atoms with Gasteiger partial charge >= 0.3 is 72.2 Å². The molecule has 47 valence electrons. The summed E-state index contributed by atoms with van der Waals surface area (Å²) in [4.78, 5) is 4.20. The van der Waals surface area contributed by atoms with Gasteiger partial charge in [-0.15, -0.1) is 0 Å². The first kappa shape index (κ1) is 6.22. The van der Waals surface area contributed by atoms with Gasteiger partial charge in [0.05, 0.1) is 0 Å². The van der Waals surface area contributed by atoms with Gasteiger partial charge in [0.25, 0.3) is 0 Å². The van der Waals surface area contributed by atoms with Crippen LogP contribution >= 0.6 is 0 Å². The number of hydrogen-bond donors (Lipinski definition) is 0. The fourth-order valence-electron chi connectivity index (χ4n) is 0.959. The number of imidazole rings is 1. The van der Waals surface area contributed by atoms with Crippen molar-refractivity contribution < 1.29 is 0 Å². The van der Waals surface area contributed by atoms with Crippen molar-refractivity contribution in [1.29, 1.82) is 0 Å². The minimum atomic E-state index is 1.08. The molecular formula is C7H5N2Sn. The van der Waals surface area contributed by atoms with E-state index in [-0.39, 0.29) is 0 Å². The Labute approximate surface area is 72.3 Å². The summed E-state index contributed by atoms with van der Waals surface area (Å²) in [5.41, 5.74) is 2.31. The fourth-order valence-corrected chi connectivity index (χ4v) is 1.66. The topological polar surface area (TPSA) is 17.8 Å². The molecule has 0 saturated carbocycles. The molecule has 10 heavy (non-hydrogen) atoms. The van der Waals surface area contributed by atoms with Crippen LogP contribution in [-0.2, 0) is 0 Å². The predicted octanol–water partition coefficient (Wildman–Crippen LogP) is 0.968. The molecule has 0 fully saturated rings. The Hall–Kier alpha value is -0.511. The minimum absolute atomic E-state index is 1.08. The second-order valence-electron chi connectivity index (χ2n) is 2.10. The van der Waals surface area contributed by atoms with Crippen molar-refractivity contribution in [3.8, 4) is 0 Å². The van der Waals surface area contributed by atoms with E-state index in [9.17, 15) is 0 Å². The summed E-state index contributed by atoms with van der Waals surface area (Å²) in [5.74, 6) is 0. The first-order chi connectivity index (χ1) is 4.88. The summed E-state index contributed by atoms with van der Waals surface area (Å²) in [6.07, 6.45) is 1.86. The third-order valence-electron chi connectivity index (χ3n) is 1.45. The van der Waals surface area contributed by atoms with Gasteiger partial charge in [0, 0.05) is 0 Å². The van der Waals surface area contributed by atoms with E-state index < -0.39 is 0 Å². The summed E-state index contributed by atoms with van der Waals surface area (Å²) in [6, 6.07) is 8.14. The summed E-state index contributed by atoms with van der Waals surface area (Å²) in [6.45, 7) is 0. The summed E-state index contributed by atoms with van der Waals surface area (Å²) < 4.78 is 2.10. The van der Waals surface area contributed by atoms with Crippen LogP contribution in [-0.4, -0.2) is 30.6 Å². The summed E-state index contributed by atoms with van der Waals surface area (Å²) >= 11 is 1.36. The first-order valence-corrected chi connectivity index (χ1v) is 4.29. The molecule has 3 heteroatoms. The van der Waals surface area contributed by atoms with Gasteiger partial charge in [0.1, 0.15) is 0 Å². The quantitative estimate of drug-likeness (QED) is 0.623. The van der Waals surface area contributed by atoms with Gasteiger partial charge in [-0.2, -0.15) is 0 Å². The Kier molecular flexibility index (Phi) is 1.41. The molecular weight excluding hydrogens is 231 g/mol. The van der Waals surface area contributed by atoms with Gasteiger partial charge < -0.3 is 0 Å². The van der Waals surface area contributed by atoms with Crippen molar-refractivity contribution in [2.24, 2.45) is 0 Å². The maximum absolute atomic E-state index is 4.20. The van der Waals surface area contributed by atoms with Crippen LogP contribution in [0.5, 0.6) is 0 Å². The normalized spacial score (nSPS) is 10.5. The zero-order valence-electron chi connectivity index (χ0n) is 5.28. The molecule has 1 heterocycles. The molecule has 2 nitrogen and oxygen atoms in total. The van der Waals surface area contributed by atoms with E-state index >= 15 is 0 Å². The monoisotopic (exact) mass is 237 g/mol. The molecule has 1 aromatic carbocycles. The average Bonchev–Trinajstić information content (AvgIpc) is 2.34. The molecule has 0 amide bonds. The van der Waals surface area contributed by atoms with Crippen molar-refractivity contribution in [3.63, 3.8) is 0 Å². The number of aromatic nitrogens is 2. The summed E-state index contributed by atoms with van der Waals surface area (Å²) in [7, 11) is 0. The van der Waals surface area contributed by atoms with Gasteiger partial charge in [-0.05, 0) is 0 Å². The molecule has 0 atom stereocenters. The third-order valence-corrected chi connectivity index (χ3v) is 2.47. The van der Waals surface area contributed by atoms with Crippen molar-refractivity contribution >= 4 is 33.8 Å². The molecule has 3 radical (unpaired) electrons. The second-order valence-corrected chi connectivity index (χ2v) is 3.48. The van der Waals surface area contributed by atoms with Crippen LogP contribution in [0.4, 0.5) is 0 Å². The van der Waals surface area contributed by atoms with Crippen LogP contribution in [0, 0.1) is 0 Å². The zero-order valence-corrected chi connectivity index (χ0v) is 8.14. The second kappa shape index (κ2) is 2.27. The van der Waals surface area contributed by atoms with Crippen LogP contribution in [0.1, 0.15) is 0 Å². The standard InChI is InChI=1S/C7H5N2.Sn/c1-2-4-7-6(3-1)8-5-9-7;/h1-5H;/q-1;+1. The van der Waals surface area contributed by atoms with Crippen molar-refractivity contribution in [2.45, 2.75) is 0 Å². The zero-order chi connectivity index (χ0) is 6.97. The first-order valence-electron chi connectivity index (χ1n) is 3.01. The Morgan fingerprint density at radius 1 is 1.30 bits per heavy atom. The van der Waals surface area contributed by atoms with Gasteiger partial charge in [0.15, 0.2) is 0 Å². The Balaban J connectivity index is 2.93. The number of hydrogen-bond acceptors (Lipinski definition) is 1. The van der Waals surface area contributed by atoms with Gasteiger partial charge in [-0.25, -0.2) is 0 Å². The fraction of sp³-hybridized carbons (Fsp3) is 0. The van der Waals surface area contributed by atoms with E-state index in [0.717, 1.165) is 5.52 Å². The molecule has 0 saturated heterocycles. The molecule has 0 N–H and O–H groups in total. The molecule has 0 bridgehead atoms. The van der Waals surface area contributed by atoms with Crippen LogP contribution in [0.2, 0.25) is 0 Å². The van der Waals surface area contributed by atoms with Crippen molar-refractivity contribution in [2.75, 3.05) is 0 Å². The SMILES string of the molecule is [Sn][n]1cnc2ccccc21. The van der Waals surface area contributed by atoms with E-state index in [1.54, 1.807) is 0 Å². The number of fused-ring (bicyclic) bond motifs is 1. The molecule has 0 aliphatic rings. The Morgan fingerprint density at radius 2 is 2.10 bits per heavy atom. The molecule has 2 rings (SSSR count). The predicted molar refractivity (Wildman–Crippen MR) is 40.9 cm³/mol. The number of benzene rings is 1. The van der Waals surface area contributed by atoms with E-state index in [1.807, 2.05) is 24.5 Å². The van der Waals surface area contributed by atoms with E-state index in [4.69, 9.17) is 0 Å². The molecule has 0 unspecified atom stereocenters. The van der Waals surface area contributed by atoms with Gasteiger partial charge in [0.2, 0.25) is 0 Å². The van der Waals surface area contributed by atoms with E-state index in [2.05, 4.69) is 13.8 Å². The van der Waals surface area contributed by atoms with Crippen molar-refractivity contribution in [1.82, 2.24) is 7.77 Å². The van der Waals surface area contributed by atoms with Crippen LogP contribution < -0.4 is 0 Å². The van der Waals surface area contributed by atoms with E-state index in [1.165, 1.54) is 28.3 Å². The molecule has 0 aliphatic heterocycles. The molecule has 1 aromatic heterocycles.